The molecule has 0 N–H and O–H groups in total. The van der Waals surface area contributed by atoms with Gasteiger partial charge in [0, 0.05) is 22.9 Å². The van der Waals surface area contributed by atoms with Gasteiger partial charge in [-0.05, 0) is 41.8 Å². The highest BCUT2D eigenvalue weighted by molar-refractivity contribution is 7.88. The van der Waals surface area contributed by atoms with E-state index < -0.39 is 32.8 Å². The maximum absolute atomic E-state index is 13.8. The summed E-state index contributed by atoms with van der Waals surface area (Å²) in [7, 11) is -5.89. The fraction of sp³-hybridized carbons (Fsp3) is 0.250. The van der Waals surface area contributed by atoms with E-state index in [1.807, 2.05) is 13.8 Å². The number of hydrogen-bond donors (Lipinski definition) is 0. The van der Waals surface area contributed by atoms with Gasteiger partial charge in [0.1, 0.15) is 11.6 Å². The lowest BCUT2D eigenvalue weighted by molar-refractivity contribution is -0.0500. The van der Waals surface area contributed by atoms with E-state index in [-0.39, 0.29) is 22.3 Å². The summed E-state index contributed by atoms with van der Waals surface area (Å²) in [5, 5.41) is 0.186. The number of hydrogen-bond acceptors (Lipinski definition) is 4. The van der Waals surface area contributed by atoms with Crippen molar-refractivity contribution in [3.8, 4) is 16.9 Å². The second-order valence-electron chi connectivity index (χ2n) is 7.00. The second-order valence-corrected chi connectivity index (χ2v) is 8.54. The summed E-state index contributed by atoms with van der Waals surface area (Å²) in [5.41, 5.74) is -5.54. The molecule has 2 aromatic carbocycles. The first-order valence-corrected chi connectivity index (χ1v) is 10.2. The van der Waals surface area contributed by atoms with Gasteiger partial charge in [0.15, 0.2) is 0 Å². The number of rotatable bonds is 5. The smallest absolute Gasteiger partial charge is 0.376 e. The third-order valence-electron chi connectivity index (χ3n) is 4.13. The number of aromatic nitrogens is 1. The van der Waals surface area contributed by atoms with E-state index in [4.69, 9.17) is 0 Å². The Morgan fingerprint density at radius 2 is 1.80 bits per heavy atom. The molecule has 0 fully saturated rings. The number of halogens is 4. The van der Waals surface area contributed by atoms with Crippen molar-refractivity contribution in [2.24, 2.45) is 5.92 Å². The van der Waals surface area contributed by atoms with E-state index in [9.17, 15) is 30.8 Å². The van der Waals surface area contributed by atoms with Crippen LogP contribution in [-0.4, -0.2) is 18.5 Å². The molecular formula is C20H16F4NO4S. The highest BCUT2D eigenvalue weighted by atomic mass is 32.2. The summed E-state index contributed by atoms with van der Waals surface area (Å²) in [6.45, 7) is 4.06. The molecule has 0 aliphatic rings. The van der Waals surface area contributed by atoms with E-state index in [0.717, 1.165) is 12.1 Å². The second kappa shape index (κ2) is 7.75. The number of nitrogens with zero attached hydrogens (tertiary/aromatic N) is 1. The van der Waals surface area contributed by atoms with Gasteiger partial charge >= 0.3 is 15.6 Å². The largest absolute Gasteiger partial charge is 0.534 e. The van der Waals surface area contributed by atoms with Gasteiger partial charge in [-0.25, -0.2) is 4.39 Å². The minimum absolute atomic E-state index is 0.0799. The van der Waals surface area contributed by atoms with Crippen molar-refractivity contribution in [3.63, 3.8) is 0 Å². The van der Waals surface area contributed by atoms with Gasteiger partial charge in [-0.2, -0.15) is 21.6 Å². The third-order valence-corrected chi connectivity index (χ3v) is 5.11. The van der Waals surface area contributed by atoms with Crippen LogP contribution in [0.5, 0.6) is 5.75 Å². The predicted molar refractivity (Wildman–Crippen MR) is 103 cm³/mol. The van der Waals surface area contributed by atoms with Gasteiger partial charge in [0.2, 0.25) is 0 Å². The molecule has 10 heteroatoms. The van der Waals surface area contributed by atoms with Crippen molar-refractivity contribution in [3.05, 3.63) is 64.8 Å². The molecule has 159 valence electrons. The van der Waals surface area contributed by atoms with Gasteiger partial charge in [-0.15, -0.1) is 0 Å². The molecule has 30 heavy (non-hydrogen) atoms. The molecular weight excluding hydrogens is 426 g/mol. The molecule has 1 aromatic heterocycles. The lowest BCUT2D eigenvalue weighted by Gasteiger charge is -2.15. The third kappa shape index (κ3) is 4.33. The van der Waals surface area contributed by atoms with Crippen LogP contribution >= 0.6 is 0 Å². The van der Waals surface area contributed by atoms with Crippen molar-refractivity contribution >= 4 is 20.9 Å². The van der Waals surface area contributed by atoms with Crippen LogP contribution in [0.4, 0.5) is 17.6 Å². The summed E-state index contributed by atoms with van der Waals surface area (Å²) in [6, 6.07) is 8.48. The van der Waals surface area contributed by atoms with Crippen LogP contribution < -0.4 is 9.74 Å². The van der Waals surface area contributed by atoms with Gasteiger partial charge < -0.3 is 8.75 Å². The highest BCUT2D eigenvalue weighted by Crippen LogP contribution is 2.32. The van der Waals surface area contributed by atoms with Crippen LogP contribution in [0, 0.1) is 17.9 Å². The Balaban J connectivity index is 2.27. The minimum Gasteiger partial charge on any atom is -0.376 e. The molecule has 0 aliphatic carbocycles. The van der Waals surface area contributed by atoms with Crippen molar-refractivity contribution in [2.75, 3.05) is 0 Å². The van der Waals surface area contributed by atoms with Crippen LogP contribution in [-0.2, 0) is 16.7 Å². The Bertz CT molecular complexity index is 1260. The monoisotopic (exact) mass is 442 g/mol. The van der Waals surface area contributed by atoms with Gasteiger partial charge in [-0.3, -0.25) is 4.79 Å². The Morgan fingerprint density at radius 1 is 1.10 bits per heavy atom. The number of pyridine rings is 1. The summed E-state index contributed by atoms with van der Waals surface area (Å²) in [5.74, 6) is -1.12. The maximum atomic E-state index is 13.8. The zero-order valence-corrected chi connectivity index (χ0v) is 16.6. The van der Waals surface area contributed by atoms with E-state index in [0.29, 0.717) is 12.1 Å². The number of benzene rings is 2. The fourth-order valence-electron chi connectivity index (χ4n) is 2.89. The standard InChI is InChI=1S/C20H16F4NO4S/c1-12(2)10-25-11-18(13-4-3-5-14(21)8-13)17-9-15(6-7-16(17)19(25)26)29-30(27,28)20(22,23)24/h3-9,12H,10H2,1-2H3. The van der Waals surface area contributed by atoms with E-state index in [2.05, 4.69) is 10.4 Å². The molecule has 1 heterocycles. The van der Waals surface area contributed by atoms with Crippen LogP contribution in [0.2, 0.25) is 0 Å². The molecule has 0 unspecified atom stereocenters. The summed E-state index contributed by atoms with van der Waals surface area (Å²) in [6.07, 6.45) is 2.86. The van der Waals surface area contributed by atoms with Crippen molar-refractivity contribution in [2.45, 2.75) is 25.9 Å². The Hall–Kier alpha value is -2.88. The first-order chi connectivity index (χ1) is 13.9. The minimum atomic E-state index is -5.89. The quantitative estimate of drug-likeness (QED) is 0.332. The van der Waals surface area contributed by atoms with Crippen LogP contribution in [0.15, 0.2) is 47.3 Å². The lowest BCUT2D eigenvalue weighted by atomic mass is 10.00. The van der Waals surface area contributed by atoms with Crippen molar-refractivity contribution < 1.29 is 30.2 Å². The normalized spacial score (nSPS) is 12.5. The molecule has 0 atom stereocenters. The maximum Gasteiger partial charge on any atom is 0.534 e. The van der Waals surface area contributed by atoms with Gasteiger partial charge in [0.25, 0.3) is 5.56 Å². The first-order valence-electron chi connectivity index (χ1n) is 8.75. The highest BCUT2D eigenvalue weighted by Gasteiger charge is 2.48. The van der Waals surface area contributed by atoms with E-state index in [1.165, 1.54) is 28.8 Å². The summed E-state index contributed by atoms with van der Waals surface area (Å²) < 4.78 is 79.8. The lowest BCUT2D eigenvalue weighted by Crippen LogP contribution is -2.28. The zero-order chi connectivity index (χ0) is 22.3. The molecule has 3 rings (SSSR count). The Labute approximate surface area is 169 Å². The van der Waals surface area contributed by atoms with Crippen LogP contribution in [0.25, 0.3) is 21.9 Å². The number of fused-ring (bicyclic) bond motifs is 1. The Kier molecular flexibility index (Phi) is 5.64. The van der Waals surface area contributed by atoms with Crippen molar-refractivity contribution in [1.29, 1.82) is 0 Å². The van der Waals surface area contributed by atoms with E-state index >= 15 is 0 Å². The topological polar surface area (TPSA) is 65.4 Å². The van der Waals surface area contributed by atoms with Gasteiger partial charge in [-0.1, -0.05) is 26.0 Å². The average Bonchev–Trinajstić information content (AvgIpc) is 2.62. The SMILES string of the molecule is CC(C)Cn1[c]c(-c2cccc(F)c2)c2cc(OS(=O)(=O)C(F)(F)F)ccc2c1=O. The molecule has 0 spiro atoms. The molecule has 5 nitrogen and oxygen atoms in total. The zero-order valence-electron chi connectivity index (χ0n) is 15.8. The Morgan fingerprint density at radius 3 is 2.40 bits per heavy atom. The average molecular weight is 442 g/mol. The molecule has 0 saturated carbocycles. The van der Waals surface area contributed by atoms with Crippen LogP contribution in [0.3, 0.4) is 0 Å². The summed E-state index contributed by atoms with van der Waals surface area (Å²) in [4.78, 5) is 12.8. The fourth-order valence-corrected chi connectivity index (χ4v) is 3.34. The van der Waals surface area contributed by atoms with Gasteiger partial charge in [0.05, 0.1) is 6.20 Å². The molecule has 0 amide bonds. The molecule has 0 saturated heterocycles. The number of alkyl halides is 3. The first kappa shape index (κ1) is 21.8. The molecule has 1 radical (unpaired) electrons. The summed E-state index contributed by atoms with van der Waals surface area (Å²) >= 11 is 0. The van der Waals surface area contributed by atoms with Crippen LogP contribution in [0.1, 0.15) is 13.8 Å². The molecule has 0 aliphatic heterocycles. The van der Waals surface area contributed by atoms with E-state index in [1.54, 1.807) is 6.07 Å². The predicted octanol–water partition coefficient (Wildman–Crippen LogP) is 4.49. The molecule has 0 bridgehead atoms. The van der Waals surface area contributed by atoms with Crippen molar-refractivity contribution in [1.82, 2.24) is 4.57 Å². The molecule has 3 aromatic rings.